The molecule has 15 heavy (non-hydrogen) atoms. The van der Waals surface area contributed by atoms with E-state index in [1.807, 2.05) is 0 Å². The molecule has 0 aromatic heterocycles. The van der Waals surface area contributed by atoms with E-state index in [4.69, 9.17) is 0 Å². The van der Waals surface area contributed by atoms with Crippen LogP contribution in [0.5, 0.6) is 0 Å². The minimum Gasteiger partial charge on any atom is -0.353 e. The lowest BCUT2D eigenvalue weighted by Gasteiger charge is -2.29. The molecule has 2 N–H and O–H groups in total. The van der Waals surface area contributed by atoms with Crippen LogP contribution in [-0.2, 0) is 4.79 Å². The van der Waals surface area contributed by atoms with Crippen LogP contribution < -0.4 is 10.6 Å². The molecule has 0 aromatic carbocycles. The third-order valence-corrected chi connectivity index (χ3v) is 3.22. The van der Waals surface area contributed by atoms with Crippen LogP contribution in [0, 0.1) is 5.92 Å². The molecular formula is C12H24N2O. The van der Waals surface area contributed by atoms with Gasteiger partial charge in [0.25, 0.3) is 0 Å². The second-order valence-electron chi connectivity index (χ2n) is 4.86. The summed E-state index contributed by atoms with van der Waals surface area (Å²) in [5, 5.41) is 6.52. The number of carbonyl (C=O) groups excluding carboxylic acids is 1. The molecule has 0 saturated carbocycles. The summed E-state index contributed by atoms with van der Waals surface area (Å²) in [6.07, 6.45) is 3.88. The molecule has 1 fully saturated rings. The standard InChI is InChI=1S/C12H24N2O/c1-4-9(2)7-12(15)14-11-5-6-13-10(3)8-11/h9-11,13H,4-8H2,1-3H3,(H,14,15). The Kier molecular flexibility index (Phi) is 5.09. The number of nitrogens with one attached hydrogen (secondary N) is 2. The molecule has 3 atom stereocenters. The predicted molar refractivity (Wildman–Crippen MR) is 62.7 cm³/mol. The highest BCUT2D eigenvalue weighted by Gasteiger charge is 2.20. The van der Waals surface area contributed by atoms with Crippen molar-refractivity contribution in [3.63, 3.8) is 0 Å². The Morgan fingerprint density at radius 3 is 2.93 bits per heavy atom. The molecule has 88 valence electrons. The summed E-state index contributed by atoms with van der Waals surface area (Å²) in [4.78, 5) is 11.7. The average Bonchev–Trinajstić information content (AvgIpc) is 2.17. The summed E-state index contributed by atoms with van der Waals surface area (Å²) < 4.78 is 0. The zero-order valence-electron chi connectivity index (χ0n) is 10.2. The van der Waals surface area contributed by atoms with Crippen molar-refractivity contribution in [2.24, 2.45) is 5.92 Å². The maximum absolute atomic E-state index is 11.7. The van der Waals surface area contributed by atoms with Crippen molar-refractivity contribution in [3.8, 4) is 0 Å². The van der Waals surface area contributed by atoms with Gasteiger partial charge in [-0.1, -0.05) is 20.3 Å². The molecular weight excluding hydrogens is 188 g/mol. The van der Waals surface area contributed by atoms with Gasteiger partial charge in [0, 0.05) is 18.5 Å². The molecule has 1 amide bonds. The molecule has 3 heteroatoms. The third-order valence-electron chi connectivity index (χ3n) is 3.22. The van der Waals surface area contributed by atoms with Gasteiger partial charge in [0.05, 0.1) is 0 Å². The summed E-state index contributed by atoms with van der Waals surface area (Å²) in [5.74, 6) is 0.729. The lowest BCUT2D eigenvalue weighted by molar-refractivity contribution is -0.122. The van der Waals surface area contributed by atoms with Gasteiger partial charge in [-0.05, 0) is 32.2 Å². The lowest BCUT2D eigenvalue weighted by Crippen LogP contribution is -2.46. The monoisotopic (exact) mass is 212 g/mol. The van der Waals surface area contributed by atoms with E-state index in [0.717, 1.165) is 25.8 Å². The Hall–Kier alpha value is -0.570. The van der Waals surface area contributed by atoms with Crippen molar-refractivity contribution in [1.82, 2.24) is 10.6 Å². The largest absolute Gasteiger partial charge is 0.353 e. The van der Waals surface area contributed by atoms with Crippen LogP contribution in [0.25, 0.3) is 0 Å². The Labute approximate surface area is 93.0 Å². The molecule has 1 heterocycles. The second kappa shape index (κ2) is 6.11. The fourth-order valence-corrected chi connectivity index (χ4v) is 2.01. The van der Waals surface area contributed by atoms with Gasteiger partial charge in [-0.15, -0.1) is 0 Å². The van der Waals surface area contributed by atoms with Gasteiger partial charge in [-0.25, -0.2) is 0 Å². The smallest absolute Gasteiger partial charge is 0.220 e. The topological polar surface area (TPSA) is 41.1 Å². The Morgan fingerprint density at radius 1 is 1.60 bits per heavy atom. The van der Waals surface area contributed by atoms with E-state index in [1.54, 1.807) is 0 Å². The molecule has 3 unspecified atom stereocenters. The van der Waals surface area contributed by atoms with Crippen LogP contribution in [-0.4, -0.2) is 24.5 Å². The number of carbonyl (C=O) groups is 1. The molecule has 1 aliphatic rings. The number of hydrogen-bond acceptors (Lipinski definition) is 2. The van der Waals surface area contributed by atoms with E-state index >= 15 is 0 Å². The summed E-state index contributed by atoms with van der Waals surface area (Å²) in [6.45, 7) is 7.46. The minimum atomic E-state index is 0.225. The van der Waals surface area contributed by atoms with Crippen LogP contribution in [0.2, 0.25) is 0 Å². The van der Waals surface area contributed by atoms with E-state index in [-0.39, 0.29) is 5.91 Å². The first-order valence-electron chi connectivity index (χ1n) is 6.14. The van der Waals surface area contributed by atoms with Crippen LogP contribution in [0.3, 0.4) is 0 Å². The molecule has 0 bridgehead atoms. The average molecular weight is 212 g/mol. The molecule has 3 nitrogen and oxygen atoms in total. The molecule has 0 aliphatic carbocycles. The number of amides is 1. The molecule has 1 aliphatic heterocycles. The highest BCUT2D eigenvalue weighted by molar-refractivity contribution is 5.76. The highest BCUT2D eigenvalue weighted by Crippen LogP contribution is 2.10. The fraction of sp³-hybridized carbons (Fsp3) is 0.917. The number of piperidine rings is 1. The Morgan fingerprint density at radius 2 is 2.33 bits per heavy atom. The first-order valence-corrected chi connectivity index (χ1v) is 6.14. The molecule has 0 radical (unpaired) electrons. The van der Waals surface area contributed by atoms with E-state index < -0.39 is 0 Å². The quantitative estimate of drug-likeness (QED) is 0.744. The van der Waals surface area contributed by atoms with Crippen molar-refractivity contribution in [2.75, 3.05) is 6.54 Å². The molecule has 1 rings (SSSR count). The van der Waals surface area contributed by atoms with Crippen LogP contribution in [0.15, 0.2) is 0 Å². The second-order valence-corrected chi connectivity index (χ2v) is 4.86. The van der Waals surface area contributed by atoms with Gasteiger partial charge in [-0.2, -0.15) is 0 Å². The van der Waals surface area contributed by atoms with Gasteiger partial charge < -0.3 is 10.6 Å². The Balaban J connectivity index is 2.24. The molecule has 0 spiro atoms. The first-order chi connectivity index (χ1) is 7.11. The first kappa shape index (κ1) is 12.5. The van der Waals surface area contributed by atoms with E-state index in [2.05, 4.69) is 31.4 Å². The zero-order chi connectivity index (χ0) is 11.3. The lowest BCUT2D eigenvalue weighted by atomic mass is 9.99. The highest BCUT2D eigenvalue weighted by atomic mass is 16.1. The number of rotatable bonds is 4. The summed E-state index contributed by atoms with van der Waals surface area (Å²) in [7, 11) is 0. The van der Waals surface area contributed by atoms with Crippen LogP contribution >= 0.6 is 0 Å². The van der Waals surface area contributed by atoms with Gasteiger partial charge in [0.1, 0.15) is 0 Å². The van der Waals surface area contributed by atoms with Gasteiger partial charge in [0.15, 0.2) is 0 Å². The Bertz CT molecular complexity index is 206. The van der Waals surface area contributed by atoms with Gasteiger partial charge in [-0.3, -0.25) is 4.79 Å². The SMILES string of the molecule is CCC(C)CC(=O)NC1CCNC(C)C1. The molecule has 0 aromatic rings. The maximum atomic E-state index is 11.7. The van der Waals surface area contributed by atoms with Crippen molar-refractivity contribution < 1.29 is 4.79 Å². The minimum absolute atomic E-state index is 0.225. The molecule has 1 saturated heterocycles. The van der Waals surface area contributed by atoms with E-state index in [1.165, 1.54) is 0 Å². The van der Waals surface area contributed by atoms with Crippen molar-refractivity contribution in [1.29, 1.82) is 0 Å². The van der Waals surface area contributed by atoms with Gasteiger partial charge >= 0.3 is 0 Å². The summed E-state index contributed by atoms with van der Waals surface area (Å²) >= 11 is 0. The zero-order valence-corrected chi connectivity index (χ0v) is 10.2. The third kappa shape index (κ3) is 4.65. The fourth-order valence-electron chi connectivity index (χ4n) is 2.01. The van der Waals surface area contributed by atoms with Crippen molar-refractivity contribution >= 4 is 5.91 Å². The van der Waals surface area contributed by atoms with Crippen LogP contribution in [0.4, 0.5) is 0 Å². The van der Waals surface area contributed by atoms with Crippen molar-refractivity contribution in [2.45, 2.75) is 58.5 Å². The van der Waals surface area contributed by atoms with E-state index in [9.17, 15) is 4.79 Å². The van der Waals surface area contributed by atoms with Crippen LogP contribution in [0.1, 0.15) is 46.5 Å². The van der Waals surface area contributed by atoms with Gasteiger partial charge in [0.2, 0.25) is 5.91 Å². The number of hydrogen-bond donors (Lipinski definition) is 2. The van der Waals surface area contributed by atoms with E-state index in [0.29, 0.717) is 24.4 Å². The normalized spacial score (nSPS) is 28.5. The summed E-state index contributed by atoms with van der Waals surface area (Å²) in [6, 6.07) is 0.922. The van der Waals surface area contributed by atoms with Crippen molar-refractivity contribution in [3.05, 3.63) is 0 Å². The predicted octanol–water partition coefficient (Wildman–Crippen LogP) is 1.68. The maximum Gasteiger partial charge on any atom is 0.220 e. The summed E-state index contributed by atoms with van der Waals surface area (Å²) in [5.41, 5.74) is 0.